The molecule has 0 radical (unpaired) electrons. The second-order valence-corrected chi connectivity index (χ2v) is 12.6. The highest BCUT2D eigenvalue weighted by Gasteiger charge is 2.73. The minimum absolute atomic E-state index is 0.0176. The van der Waals surface area contributed by atoms with Gasteiger partial charge in [0.2, 0.25) is 11.8 Å². The molecule has 8 rings (SSSR count). The number of ether oxygens (including phenoxy) is 3. The van der Waals surface area contributed by atoms with Gasteiger partial charge in [0.1, 0.15) is 22.9 Å². The van der Waals surface area contributed by atoms with Gasteiger partial charge >= 0.3 is 6.18 Å². The molecule has 3 saturated carbocycles. The van der Waals surface area contributed by atoms with Gasteiger partial charge in [-0.3, -0.25) is 14.4 Å². The number of amides is 3. The molecule has 2 saturated heterocycles. The monoisotopic (exact) mass is 670 g/mol. The molecule has 0 spiro atoms. The lowest BCUT2D eigenvalue weighted by molar-refractivity contribution is -0.207. The van der Waals surface area contributed by atoms with E-state index in [9.17, 15) is 31.9 Å². The summed E-state index contributed by atoms with van der Waals surface area (Å²) in [5.74, 6) is -2.63. The maximum absolute atomic E-state index is 13.8. The predicted molar refractivity (Wildman–Crippen MR) is 161 cm³/mol. The Morgan fingerprint density at radius 3 is 2.35 bits per heavy atom. The second kappa shape index (κ2) is 11.3. The Hall–Kier alpha value is -4.99. The largest absolute Gasteiger partial charge is 0.496 e. The third-order valence-corrected chi connectivity index (χ3v) is 9.52. The Morgan fingerprint density at radius 1 is 0.979 bits per heavy atom. The summed E-state index contributed by atoms with van der Waals surface area (Å²) in [4.78, 5) is 51.0. The van der Waals surface area contributed by atoms with Crippen molar-refractivity contribution in [3.8, 4) is 11.6 Å². The molecule has 16 heteroatoms. The minimum atomic E-state index is -4.99. The van der Waals surface area contributed by atoms with E-state index < -0.39 is 40.3 Å². The number of nitrogens with zero attached hydrogens (tertiary/aromatic N) is 3. The number of methoxy groups -OCH3 is 2. The highest BCUT2D eigenvalue weighted by molar-refractivity contribution is 6.14. The molecule has 5 aliphatic rings. The van der Waals surface area contributed by atoms with Gasteiger partial charge in [0.25, 0.3) is 11.8 Å². The zero-order valence-corrected chi connectivity index (χ0v) is 25.7. The summed E-state index contributed by atoms with van der Waals surface area (Å²) in [6.07, 6.45) is 0.356. The van der Waals surface area contributed by atoms with Crippen molar-refractivity contribution in [2.24, 2.45) is 5.41 Å². The van der Waals surface area contributed by atoms with Gasteiger partial charge in [-0.2, -0.15) is 13.2 Å². The van der Waals surface area contributed by atoms with Crippen LogP contribution in [0, 0.1) is 11.2 Å². The first-order chi connectivity index (χ1) is 22.8. The van der Waals surface area contributed by atoms with Crippen LogP contribution >= 0.6 is 0 Å². The third kappa shape index (κ3) is 5.23. The Labute approximate surface area is 271 Å². The normalized spacial score (nSPS) is 25.1. The number of carbonyl (C=O) groups is 3. The molecule has 48 heavy (non-hydrogen) atoms. The zero-order valence-electron chi connectivity index (χ0n) is 25.7. The maximum Gasteiger partial charge on any atom is 0.419 e. The van der Waals surface area contributed by atoms with E-state index in [-0.39, 0.29) is 57.9 Å². The van der Waals surface area contributed by atoms with E-state index >= 15 is 0 Å². The van der Waals surface area contributed by atoms with E-state index in [0.29, 0.717) is 44.6 Å². The quantitative estimate of drug-likeness (QED) is 0.281. The first-order valence-corrected chi connectivity index (χ1v) is 15.1. The summed E-state index contributed by atoms with van der Waals surface area (Å²) in [7, 11) is 2.67. The van der Waals surface area contributed by atoms with Crippen molar-refractivity contribution in [1.82, 2.24) is 14.9 Å². The topological polar surface area (TPSA) is 144 Å². The van der Waals surface area contributed by atoms with Crippen LogP contribution in [-0.4, -0.2) is 77.6 Å². The molecule has 2 aromatic heterocycles. The number of halogens is 4. The summed E-state index contributed by atoms with van der Waals surface area (Å²) >= 11 is 0. The minimum Gasteiger partial charge on any atom is -0.496 e. The van der Waals surface area contributed by atoms with Crippen molar-refractivity contribution in [3.05, 3.63) is 65.2 Å². The first kappa shape index (κ1) is 31.6. The lowest BCUT2D eigenvalue weighted by Gasteiger charge is -2.71. The highest BCUT2D eigenvalue weighted by Crippen LogP contribution is 2.69. The third-order valence-electron chi connectivity index (χ3n) is 9.52. The molecule has 2 atom stereocenters. The van der Waals surface area contributed by atoms with Crippen LogP contribution in [0.3, 0.4) is 0 Å². The van der Waals surface area contributed by atoms with Crippen LogP contribution in [-0.2, 0) is 15.7 Å². The van der Waals surface area contributed by atoms with E-state index in [2.05, 4.69) is 25.9 Å². The number of morpholine rings is 1. The van der Waals surface area contributed by atoms with E-state index in [1.807, 2.05) is 4.90 Å². The van der Waals surface area contributed by atoms with Crippen molar-refractivity contribution in [1.29, 1.82) is 0 Å². The fourth-order valence-corrected chi connectivity index (χ4v) is 7.31. The number of hydrogen-bond donors (Lipinski definition) is 3. The average Bonchev–Trinajstić information content (AvgIpc) is 3.02. The number of carbonyl (C=O) groups excluding carboxylic acids is 3. The van der Waals surface area contributed by atoms with Gasteiger partial charge in [-0.05, 0) is 49.9 Å². The molecule has 252 valence electrons. The molecule has 3 N–H and O–H groups in total. The average molecular weight is 671 g/mol. The molecular weight excluding hydrogens is 640 g/mol. The second-order valence-electron chi connectivity index (χ2n) is 12.6. The van der Waals surface area contributed by atoms with Gasteiger partial charge < -0.3 is 35.1 Å². The number of nitrogens with one attached hydrogen (secondary N) is 3. The van der Waals surface area contributed by atoms with Crippen LogP contribution < -0.4 is 25.4 Å². The summed E-state index contributed by atoms with van der Waals surface area (Å²) in [6, 6.07) is 4.99. The van der Waals surface area contributed by atoms with E-state index in [1.54, 1.807) is 0 Å². The summed E-state index contributed by atoms with van der Waals surface area (Å²) in [5.41, 5.74) is -3.04. The molecule has 5 fully saturated rings. The Balaban J connectivity index is 1.10. The van der Waals surface area contributed by atoms with Crippen LogP contribution in [0.1, 0.15) is 52.0 Å². The van der Waals surface area contributed by atoms with Crippen LogP contribution in [0.2, 0.25) is 0 Å². The highest BCUT2D eigenvalue weighted by atomic mass is 19.4. The number of rotatable bonds is 9. The molecule has 4 heterocycles. The number of aromatic nitrogens is 2. The lowest BCUT2D eigenvalue weighted by Crippen LogP contribution is -2.79. The SMILES string of the molecule is COc1cc(C(=O)Nc2ccc(F)c(C(F)(F)F)c2)c(NC(=O)c2c(OC)ccnc2NC23CC(C(=O)N4C5COCC4C5)(C2)C3)cn1. The zero-order chi connectivity index (χ0) is 34.0. The van der Waals surface area contributed by atoms with E-state index in [0.717, 1.165) is 18.7 Å². The van der Waals surface area contributed by atoms with Gasteiger partial charge in [-0.25, -0.2) is 14.4 Å². The smallest absolute Gasteiger partial charge is 0.419 e. The lowest BCUT2D eigenvalue weighted by atomic mass is 9.38. The van der Waals surface area contributed by atoms with Crippen LogP contribution in [0.5, 0.6) is 11.6 Å². The van der Waals surface area contributed by atoms with Crippen molar-refractivity contribution in [3.63, 3.8) is 0 Å². The molecule has 2 unspecified atom stereocenters. The number of alkyl halides is 3. The number of fused-ring (bicyclic) bond motifs is 2. The van der Waals surface area contributed by atoms with Crippen molar-refractivity contribution < 1.29 is 46.2 Å². The van der Waals surface area contributed by atoms with Crippen LogP contribution in [0.25, 0.3) is 0 Å². The number of anilines is 3. The summed E-state index contributed by atoms with van der Waals surface area (Å²) < 4.78 is 69.7. The molecule has 12 nitrogen and oxygen atoms in total. The fraction of sp³-hybridized carbons (Fsp3) is 0.406. The Morgan fingerprint density at radius 2 is 1.71 bits per heavy atom. The van der Waals surface area contributed by atoms with Crippen molar-refractivity contribution >= 4 is 34.9 Å². The number of pyridine rings is 2. The summed E-state index contributed by atoms with van der Waals surface area (Å²) in [5, 5.41) is 8.29. The first-order valence-electron chi connectivity index (χ1n) is 15.1. The molecule has 3 amide bonds. The van der Waals surface area contributed by atoms with Gasteiger partial charge in [0, 0.05) is 23.5 Å². The number of benzene rings is 1. The Kier molecular flexibility index (Phi) is 7.45. The number of hydrogen-bond acceptors (Lipinski definition) is 9. The van der Waals surface area contributed by atoms with Crippen LogP contribution in [0.4, 0.5) is 34.8 Å². The van der Waals surface area contributed by atoms with E-state index in [4.69, 9.17) is 14.2 Å². The Bertz CT molecular complexity index is 1800. The van der Waals surface area contributed by atoms with Gasteiger partial charge in [-0.15, -0.1) is 0 Å². The molecule has 4 bridgehead atoms. The van der Waals surface area contributed by atoms with Gasteiger partial charge in [0.15, 0.2) is 0 Å². The summed E-state index contributed by atoms with van der Waals surface area (Å²) in [6.45, 7) is 1.12. The standard InChI is InChI=1S/C32H30F4N6O6/c1-46-23-5-6-37-26(41-31-13-30(14-31,15-31)29(45)42-17-8-18(42)12-48-11-17)25(23)28(44)40-22-10-38-24(47-2)9-19(22)27(43)39-16-3-4-21(33)20(7-16)32(34,35)36/h3-7,9-10,17-18H,8,11-15H2,1-2H3,(H,37,41)(H,39,43)(H,40,44). The van der Waals surface area contributed by atoms with Gasteiger partial charge in [-0.1, -0.05) is 0 Å². The van der Waals surface area contributed by atoms with Gasteiger partial charge in [0.05, 0.1) is 67.9 Å². The molecule has 3 aromatic rings. The van der Waals surface area contributed by atoms with E-state index in [1.165, 1.54) is 32.5 Å². The van der Waals surface area contributed by atoms with Crippen molar-refractivity contribution in [2.75, 3.05) is 43.4 Å². The maximum atomic E-state index is 13.8. The molecular formula is C32H30F4N6O6. The predicted octanol–water partition coefficient (Wildman–Crippen LogP) is 4.49. The molecule has 1 aromatic carbocycles. The molecule has 2 aliphatic heterocycles. The van der Waals surface area contributed by atoms with Crippen LogP contribution in [0.15, 0.2) is 42.7 Å². The van der Waals surface area contributed by atoms with Crippen molar-refractivity contribution in [2.45, 2.75) is 49.5 Å². The molecule has 3 aliphatic carbocycles. The fourth-order valence-electron chi connectivity index (χ4n) is 7.31.